The number of benzene rings is 2. The number of nitrogen functional groups attached to an aromatic ring is 1. The van der Waals surface area contributed by atoms with Gasteiger partial charge in [0.05, 0.1) is 5.52 Å². The van der Waals surface area contributed by atoms with E-state index >= 15 is 0 Å². The molecule has 1 aromatic heterocycles. The maximum atomic E-state index is 6.01. The van der Waals surface area contributed by atoms with E-state index in [9.17, 15) is 0 Å². The fraction of sp³-hybridized carbons (Fsp3) is 0.111. The molecule has 3 aromatic rings. The SMILES string of the molecule is Nc1ccc2c3c(n(-c4ccccc4)c2c1)CNCC=C3. The predicted octanol–water partition coefficient (Wildman–Crippen LogP) is 3.33. The monoisotopic (exact) mass is 275 g/mol. The fourth-order valence-electron chi connectivity index (χ4n) is 3.07. The Bertz CT molecular complexity index is 829. The fourth-order valence-corrected chi connectivity index (χ4v) is 3.07. The number of fused-ring (bicyclic) bond motifs is 3. The Morgan fingerprint density at radius 1 is 1.05 bits per heavy atom. The first-order valence-corrected chi connectivity index (χ1v) is 7.20. The lowest BCUT2D eigenvalue weighted by Gasteiger charge is -2.11. The number of rotatable bonds is 1. The van der Waals surface area contributed by atoms with Gasteiger partial charge in [0.25, 0.3) is 0 Å². The minimum Gasteiger partial charge on any atom is -0.399 e. The summed E-state index contributed by atoms with van der Waals surface area (Å²) in [6.45, 7) is 1.76. The summed E-state index contributed by atoms with van der Waals surface area (Å²) in [4.78, 5) is 0. The number of nitrogens with two attached hydrogens (primary N) is 1. The van der Waals surface area contributed by atoms with Crippen molar-refractivity contribution in [2.75, 3.05) is 12.3 Å². The number of anilines is 1. The molecular formula is C18H17N3. The van der Waals surface area contributed by atoms with Crippen molar-refractivity contribution in [1.82, 2.24) is 9.88 Å². The average molecular weight is 275 g/mol. The highest BCUT2D eigenvalue weighted by molar-refractivity contribution is 5.94. The summed E-state index contributed by atoms with van der Waals surface area (Å²) in [5.74, 6) is 0. The van der Waals surface area contributed by atoms with Gasteiger partial charge in [-0.25, -0.2) is 0 Å². The van der Waals surface area contributed by atoms with E-state index in [1.165, 1.54) is 27.8 Å². The molecule has 0 spiro atoms. The minimum absolute atomic E-state index is 0.796. The predicted molar refractivity (Wildman–Crippen MR) is 88.4 cm³/mol. The van der Waals surface area contributed by atoms with Crippen molar-refractivity contribution in [2.45, 2.75) is 6.54 Å². The molecule has 0 radical (unpaired) electrons. The average Bonchev–Trinajstić information content (AvgIpc) is 2.65. The van der Waals surface area contributed by atoms with Gasteiger partial charge < -0.3 is 15.6 Å². The van der Waals surface area contributed by atoms with Crippen LogP contribution in [-0.2, 0) is 6.54 Å². The zero-order valence-electron chi connectivity index (χ0n) is 11.7. The lowest BCUT2D eigenvalue weighted by Crippen LogP contribution is -2.14. The first kappa shape index (κ1) is 12.2. The molecule has 1 aliphatic rings. The van der Waals surface area contributed by atoms with Crippen molar-refractivity contribution >= 4 is 22.7 Å². The van der Waals surface area contributed by atoms with Crippen LogP contribution in [0.15, 0.2) is 54.6 Å². The normalized spacial score (nSPS) is 14.1. The molecule has 21 heavy (non-hydrogen) atoms. The van der Waals surface area contributed by atoms with Crippen LogP contribution >= 0.6 is 0 Å². The van der Waals surface area contributed by atoms with Gasteiger partial charge in [-0.15, -0.1) is 0 Å². The van der Waals surface area contributed by atoms with Gasteiger partial charge in [0.15, 0.2) is 0 Å². The van der Waals surface area contributed by atoms with Crippen LogP contribution < -0.4 is 11.1 Å². The lowest BCUT2D eigenvalue weighted by atomic mass is 10.1. The standard InChI is InChI=1S/C18H17N3/c19-13-8-9-16-15-7-4-10-20-12-18(15)21(17(16)11-13)14-5-2-1-3-6-14/h1-9,11,20H,10,12,19H2. The van der Waals surface area contributed by atoms with Crippen molar-refractivity contribution < 1.29 is 0 Å². The Morgan fingerprint density at radius 2 is 1.90 bits per heavy atom. The third kappa shape index (κ3) is 1.94. The first-order valence-electron chi connectivity index (χ1n) is 7.20. The zero-order valence-corrected chi connectivity index (χ0v) is 11.7. The third-order valence-corrected chi connectivity index (χ3v) is 3.99. The van der Waals surface area contributed by atoms with Gasteiger partial charge >= 0.3 is 0 Å². The quantitative estimate of drug-likeness (QED) is 0.669. The van der Waals surface area contributed by atoms with E-state index in [4.69, 9.17) is 5.73 Å². The molecule has 0 aliphatic carbocycles. The number of para-hydroxylation sites is 1. The van der Waals surface area contributed by atoms with Crippen LogP contribution in [0, 0.1) is 0 Å². The Morgan fingerprint density at radius 3 is 2.76 bits per heavy atom. The lowest BCUT2D eigenvalue weighted by molar-refractivity contribution is 0.734. The van der Waals surface area contributed by atoms with Crippen LogP contribution in [0.25, 0.3) is 22.7 Å². The molecule has 3 heteroatoms. The molecule has 0 saturated carbocycles. The number of hydrogen-bond acceptors (Lipinski definition) is 2. The summed E-state index contributed by atoms with van der Waals surface area (Å²) in [5.41, 5.74) is 11.7. The molecule has 0 atom stereocenters. The van der Waals surface area contributed by atoms with Gasteiger partial charge in [-0.05, 0) is 24.3 Å². The van der Waals surface area contributed by atoms with Crippen molar-refractivity contribution in [2.24, 2.45) is 0 Å². The molecule has 0 fully saturated rings. The van der Waals surface area contributed by atoms with Gasteiger partial charge in [0, 0.05) is 41.1 Å². The minimum atomic E-state index is 0.796. The van der Waals surface area contributed by atoms with E-state index in [0.29, 0.717) is 0 Å². The Balaban J connectivity index is 2.11. The van der Waals surface area contributed by atoms with Crippen LogP contribution in [0.3, 0.4) is 0 Å². The molecule has 104 valence electrons. The van der Waals surface area contributed by atoms with Crippen molar-refractivity contribution in [3.8, 4) is 5.69 Å². The first-order chi connectivity index (χ1) is 10.3. The molecule has 3 N–H and O–H groups in total. The van der Waals surface area contributed by atoms with E-state index in [-0.39, 0.29) is 0 Å². The number of hydrogen-bond donors (Lipinski definition) is 2. The van der Waals surface area contributed by atoms with E-state index in [1.54, 1.807) is 0 Å². The van der Waals surface area contributed by atoms with Gasteiger partial charge in [-0.1, -0.05) is 36.4 Å². The summed E-state index contributed by atoms with van der Waals surface area (Å²) in [7, 11) is 0. The Hall–Kier alpha value is -2.52. The molecule has 0 bridgehead atoms. The summed E-state index contributed by atoms with van der Waals surface area (Å²) in [5, 5.41) is 4.70. The number of nitrogens with zero attached hydrogens (tertiary/aromatic N) is 1. The van der Waals surface area contributed by atoms with Gasteiger partial charge in [-0.2, -0.15) is 0 Å². The Labute approximate surface area is 123 Å². The molecular weight excluding hydrogens is 258 g/mol. The van der Waals surface area contributed by atoms with Crippen molar-refractivity contribution in [3.63, 3.8) is 0 Å². The molecule has 3 nitrogen and oxygen atoms in total. The summed E-state index contributed by atoms with van der Waals surface area (Å²) >= 11 is 0. The van der Waals surface area contributed by atoms with E-state index in [2.05, 4.69) is 58.4 Å². The van der Waals surface area contributed by atoms with E-state index in [1.807, 2.05) is 12.1 Å². The smallest absolute Gasteiger partial charge is 0.0558 e. The number of nitrogens with one attached hydrogen (secondary N) is 1. The highest BCUT2D eigenvalue weighted by atomic mass is 15.0. The van der Waals surface area contributed by atoms with Crippen LogP contribution in [0.1, 0.15) is 11.3 Å². The third-order valence-electron chi connectivity index (χ3n) is 3.99. The highest BCUT2D eigenvalue weighted by Crippen LogP contribution is 2.32. The largest absolute Gasteiger partial charge is 0.399 e. The molecule has 0 unspecified atom stereocenters. The summed E-state index contributed by atoms with van der Waals surface area (Å²) in [6.07, 6.45) is 4.39. The second-order valence-corrected chi connectivity index (χ2v) is 5.34. The van der Waals surface area contributed by atoms with Crippen LogP contribution in [0.5, 0.6) is 0 Å². The van der Waals surface area contributed by atoms with E-state index in [0.717, 1.165) is 18.8 Å². The number of aromatic nitrogens is 1. The Kier molecular flexibility index (Phi) is 2.79. The van der Waals surface area contributed by atoms with E-state index < -0.39 is 0 Å². The van der Waals surface area contributed by atoms with Crippen LogP contribution in [0.4, 0.5) is 5.69 Å². The second kappa shape index (κ2) is 4.79. The van der Waals surface area contributed by atoms with Crippen molar-refractivity contribution in [3.05, 3.63) is 65.9 Å². The maximum absolute atomic E-state index is 6.01. The van der Waals surface area contributed by atoms with Gasteiger partial charge in [0.1, 0.15) is 0 Å². The molecule has 4 rings (SSSR count). The topological polar surface area (TPSA) is 43.0 Å². The van der Waals surface area contributed by atoms with Crippen LogP contribution in [0.2, 0.25) is 0 Å². The van der Waals surface area contributed by atoms with Gasteiger partial charge in [-0.3, -0.25) is 0 Å². The zero-order chi connectivity index (χ0) is 14.2. The molecule has 0 amide bonds. The second-order valence-electron chi connectivity index (χ2n) is 5.34. The highest BCUT2D eigenvalue weighted by Gasteiger charge is 2.17. The van der Waals surface area contributed by atoms with Crippen LogP contribution in [-0.4, -0.2) is 11.1 Å². The molecule has 2 heterocycles. The summed E-state index contributed by atoms with van der Waals surface area (Å²) in [6, 6.07) is 16.6. The maximum Gasteiger partial charge on any atom is 0.0558 e. The van der Waals surface area contributed by atoms with Gasteiger partial charge in [0.2, 0.25) is 0 Å². The van der Waals surface area contributed by atoms with Crippen molar-refractivity contribution in [1.29, 1.82) is 0 Å². The molecule has 0 saturated heterocycles. The summed E-state index contributed by atoms with van der Waals surface area (Å²) < 4.78 is 2.31. The molecule has 1 aliphatic heterocycles. The molecule has 2 aromatic carbocycles.